The van der Waals surface area contributed by atoms with Crippen LogP contribution in [0.25, 0.3) is 0 Å². The van der Waals surface area contributed by atoms with Gasteiger partial charge in [-0.25, -0.2) is 4.79 Å². The zero-order valence-electron chi connectivity index (χ0n) is 19.6. The molecule has 0 bridgehead atoms. The molecule has 0 aliphatic carbocycles. The van der Waals surface area contributed by atoms with Gasteiger partial charge in [0.15, 0.2) is 0 Å². The van der Waals surface area contributed by atoms with E-state index < -0.39 is 12.1 Å². The van der Waals surface area contributed by atoms with E-state index in [1.165, 1.54) is 12.8 Å². The van der Waals surface area contributed by atoms with Crippen molar-refractivity contribution < 1.29 is 32.7 Å². The number of carbonyl (C=O) groups is 3. The van der Waals surface area contributed by atoms with Crippen molar-refractivity contribution in [2.24, 2.45) is 11.8 Å². The first-order chi connectivity index (χ1) is 16.5. The van der Waals surface area contributed by atoms with Gasteiger partial charge in [-0.05, 0) is 37.4 Å². The van der Waals surface area contributed by atoms with E-state index in [1.54, 1.807) is 0 Å². The van der Waals surface area contributed by atoms with Crippen molar-refractivity contribution in [3.8, 4) is 0 Å². The van der Waals surface area contributed by atoms with Gasteiger partial charge in [0.1, 0.15) is 0 Å². The molecule has 2 N–H and O–H groups in total. The van der Waals surface area contributed by atoms with Gasteiger partial charge >= 0.3 is 12.1 Å². The van der Waals surface area contributed by atoms with Crippen LogP contribution >= 0.6 is 11.6 Å². The number of piperidine rings is 1. The van der Waals surface area contributed by atoms with Crippen LogP contribution in [-0.4, -0.2) is 77.1 Å². The first kappa shape index (κ1) is 27.3. The molecule has 3 saturated heterocycles. The van der Waals surface area contributed by atoms with Gasteiger partial charge in [0.25, 0.3) is 0 Å². The second-order valence-electron chi connectivity index (χ2n) is 9.42. The summed E-state index contributed by atoms with van der Waals surface area (Å²) >= 11 is 6.21. The minimum atomic E-state index is -5.08. The molecule has 35 heavy (non-hydrogen) atoms. The molecule has 3 fully saturated rings. The molecule has 0 radical (unpaired) electrons. The van der Waals surface area contributed by atoms with Crippen LogP contribution in [0.1, 0.15) is 38.2 Å². The molecule has 11 heteroatoms. The van der Waals surface area contributed by atoms with Crippen LogP contribution < -0.4 is 5.32 Å². The largest absolute Gasteiger partial charge is 0.490 e. The maximum atomic E-state index is 12.8. The molecule has 2 atom stereocenters. The molecule has 2 amide bonds. The Morgan fingerprint density at radius 3 is 2.40 bits per heavy atom. The van der Waals surface area contributed by atoms with Crippen LogP contribution in [0.15, 0.2) is 24.3 Å². The molecule has 3 aliphatic heterocycles. The number of carbonyl (C=O) groups excluding carboxylic acids is 2. The van der Waals surface area contributed by atoms with Crippen LogP contribution in [0.3, 0.4) is 0 Å². The van der Waals surface area contributed by atoms with Gasteiger partial charge in [0.05, 0.1) is 12.3 Å². The average Bonchev–Trinajstić information content (AvgIpc) is 3.33. The quantitative estimate of drug-likeness (QED) is 0.625. The number of benzene rings is 1. The monoisotopic (exact) mass is 517 g/mol. The number of fused-ring (bicyclic) bond motifs is 2. The maximum Gasteiger partial charge on any atom is 0.490 e. The lowest BCUT2D eigenvalue weighted by Crippen LogP contribution is -2.56. The third kappa shape index (κ3) is 6.46. The van der Waals surface area contributed by atoms with Crippen LogP contribution in [0, 0.1) is 11.8 Å². The summed E-state index contributed by atoms with van der Waals surface area (Å²) in [5.74, 6) is -1.90. The Labute approximate surface area is 207 Å². The van der Waals surface area contributed by atoms with Gasteiger partial charge in [0.2, 0.25) is 11.8 Å². The van der Waals surface area contributed by atoms with Crippen LogP contribution in [-0.2, 0) is 20.8 Å². The predicted octanol–water partition coefficient (Wildman–Crippen LogP) is 3.35. The summed E-state index contributed by atoms with van der Waals surface area (Å²) in [5, 5.41) is 11.1. The highest BCUT2D eigenvalue weighted by Crippen LogP contribution is 2.44. The fourth-order valence-corrected chi connectivity index (χ4v) is 5.48. The summed E-state index contributed by atoms with van der Waals surface area (Å²) in [4.78, 5) is 38.7. The third-order valence-corrected chi connectivity index (χ3v) is 7.56. The predicted molar refractivity (Wildman–Crippen MR) is 124 cm³/mol. The molecule has 1 spiro atoms. The molecule has 0 saturated carbocycles. The van der Waals surface area contributed by atoms with Crippen molar-refractivity contribution in [2.45, 2.75) is 50.7 Å². The van der Waals surface area contributed by atoms with Gasteiger partial charge in [0, 0.05) is 42.7 Å². The van der Waals surface area contributed by atoms with E-state index in [0.29, 0.717) is 30.5 Å². The van der Waals surface area contributed by atoms with Gasteiger partial charge in [-0.3, -0.25) is 9.59 Å². The number of hydrogen-bond donors (Lipinski definition) is 2. The second-order valence-corrected chi connectivity index (χ2v) is 9.83. The normalized spacial score (nSPS) is 23.5. The molecule has 194 valence electrons. The summed E-state index contributed by atoms with van der Waals surface area (Å²) in [7, 11) is 0. The lowest BCUT2D eigenvalue weighted by molar-refractivity contribution is -0.192. The molecule has 0 aromatic heterocycles. The lowest BCUT2D eigenvalue weighted by Gasteiger charge is -2.43. The number of amides is 2. The standard InChI is InChI=1S/C22H30ClN3O2.C2HF3O2/c1-2-3-10-25-14-17-18(15-25)22(24-21(17)28)8-11-26(12-9-22)20(27)13-16-6-4-5-7-19(16)23;3-2(4,5)1(6)7/h4-7,17-18H,2-3,8-15H2,1H3,(H,24,28);(H,6,7)/t17-,18+;/m1./s1. The van der Waals surface area contributed by atoms with E-state index in [2.05, 4.69) is 17.1 Å². The Balaban J connectivity index is 0.000000429. The number of unbranched alkanes of at least 4 members (excludes halogenated alkanes) is 1. The number of nitrogens with zero attached hydrogens (tertiary/aromatic N) is 2. The maximum absolute atomic E-state index is 12.8. The van der Waals surface area contributed by atoms with Crippen LogP contribution in [0.2, 0.25) is 5.02 Å². The lowest BCUT2D eigenvalue weighted by atomic mass is 9.75. The van der Waals surface area contributed by atoms with Crippen LogP contribution in [0.5, 0.6) is 0 Å². The van der Waals surface area contributed by atoms with E-state index >= 15 is 0 Å². The van der Waals surface area contributed by atoms with E-state index in [-0.39, 0.29) is 23.3 Å². The minimum Gasteiger partial charge on any atom is -0.475 e. The number of hydrogen-bond acceptors (Lipinski definition) is 4. The number of alkyl halides is 3. The number of carboxylic acids is 1. The summed E-state index contributed by atoms with van der Waals surface area (Å²) < 4.78 is 31.7. The topological polar surface area (TPSA) is 90.0 Å². The van der Waals surface area contributed by atoms with E-state index in [4.69, 9.17) is 21.5 Å². The van der Waals surface area contributed by atoms with Crippen molar-refractivity contribution in [1.82, 2.24) is 15.1 Å². The SMILES string of the molecule is CCCCN1C[C@H]2C(=O)NC3(CCN(C(=O)Cc4ccccc4Cl)CC3)[C@H]2C1.O=C(O)C(F)(F)F. The first-order valence-corrected chi connectivity index (χ1v) is 12.2. The highest BCUT2D eigenvalue weighted by Gasteiger charge is 2.57. The molecule has 3 aliphatic rings. The van der Waals surface area contributed by atoms with E-state index in [1.807, 2.05) is 29.2 Å². The van der Waals surface area contributed by atoms with Crippen molar-refractivity contribution >= 4 is 29.4 Å². The Kier molecular flexibility index (Phi) is 8.69. The highest BCUT2D eigenvalue weighted by atomic mass is 35.5. The number of likely N-dealkylation sites (tertiary alicyclic amines) is 2. The Bertz CT molecular complexity index is 935. The van der Waals surface area contributed by atoms with Gasteiger partial charge in [-0.2, -0.15) is 13.2 Å². The molecule has 3 heterocycles. The molecular weight excluding hydrogens is 487 g/mol. The Hall–Kier alpha value is -2.33. The number of rotatable bonds is 5. The smallest absolute Gasteiger partial charge is 0.475 e. The van der Waals surface area contributed by atoms with Gasteiger partial charge < -0.3 is 20.2 Å². The van der Waals surface area contributed by atoms with Crippen molar-refractivity contribution in [2.75, 3.05) is 32.7 Å². The summed E-state index contributed by atoms with van der Waals surface area (Å²) in [6, 6.07) is 7.54. The zero-order chi connectivity index (χ0) is 25.8. The van der Waals surface area contributed by atoms with Crippen molar-refractivity contribution in [3.05, 3.63) is 34.9 Å². The fourth-order valence-electron chi connectivity index (χ4n) is 5.27. The van der Waals surface area contributed by atoms with Crippen molar-refractivity contribution in [3.63, 3.8) is 0 Å². The Morgan fingerprint density at radius 1 is 1.20 bits per heavy atom. The number of nitrogens with one attached hydrogen (secondary N) is 1. The number of aliphatic carboxylic acids is 1. The van der Waals surface area contributed by atoms with Crippen LogP contribution in [0.4, 0.5) is 13.2 Å². The average molecular weight is 518 g/mol. The molecule has 1 aromatic rings. The third-order valence-electron chi connectivity index (χ3n) is 7.19. The summed E-state index contributed by atoms with van der Waals surface area (Å²) in [6.45, 7) is 6.63. The molecular formula is C24H31ClF3N3O4. The second kappa shape index (κ2) is 11.2. The summed E-state index contributed by atoms with van der Waals surface area (Å²) in [5.41, 5.74) is 0.759. The molecule has 0 unspecified atom stereocenters. The van der Waals surface area contributed by atoms with E-state index in [0.717, 1.165) is 38.0 Å². The Morgan fingerprint density at radius 2 is 1.83 bits per heavy atom. The number of halogens is 4. The minimum absolute atomic E-state index is 0.121. The summed E-state index contributed by atoms with van der Waals surface area (Å²) in [6.07, 6.45) is -0.647. The van der Waals surface area contributed by atoms with Gasteiger partial charge in [-0.1, -0.05) is 43.1 Å². The fraction of sp³-hybridized carbons (Fsp3) is 0.625. The first-order valence-electron chi connectivity index (χ1n) is 11.8. The highest BCUT2D eigenvalue weighted by molar-refractivity contribution is 6.31. The number of carboxylic acid groups (broad SMARTS) is 1. The van der Waals surface area contributed by atoms with Gasteiger partial charge in [-0.15, -0.1) is 0 Å². The van der Waals surface area contributed by atoms with Crippen molar-refractivity contribution in [1.29, 1.82) is 0 Å². The molecule has 7 nitrogen and oxygen atoms in total. The molecule has 4 rings (SSSR count). The van der Waals surface area contributed by atoms with E-state index in [9.17, 15) is 22.8 Å². The zero-order valence-corrected chi connectivity index (χ0v) is 20.4. The molecule has 1 aromatic carbocycles.